The predicted octanol–water partition coefficient (Wildman–Crippen LogP) is 6.09. The van der Waals surface area contributed by atoms with E-state index >= 15 is 0 Å². The third kappa shape index (κ3) is 3.67. The van der Waals surface area contributed by atoms with E-state index in [1.165, 1.54) is 44.4 Å². The molecular weight excluding hydrogens is 328 g/mol. The van der Waals surface area contributed by atoms with Gasteiger partial charge in [-0.05, 0) is 67.1 Å². The standard InChI is InChI=1S/C25H26N2/c1-18-10-12-20(13-11-18)25-22(9-5-6-16-26)23-17-21(14-15-24(23)27-25)19-7-3-2-4-8-19/h2-4,7-8,10-15,17,27H,5-6,9,16,26H2,1H3. The highest BCUT2D eigenvalue weighted by molar-refractivity contribution is 5.93. The highest BCUT2D eigenvalue weighted by Crippen LogP contribution is 2.34. The number of hydrogen-bond donors (Lipinski definition) is 2. The van der Waals surface area contributed by atoms with Crippen molar-refractivity contribution in [3.63, 3.8) is 0 Å². The maximum Gasteiger partial charge on any atom is 0.0497 e. The van der Waals surface area contributed by atoms with Crippen molar-refractivity contribution >= 4 is 10.9 Å². The number of fused-ring (bicyclic) bond motifs is 1. The van der Waals surface area contributed by atoms with E-state index in [0.29, 0.717) is 0 Å². The summed E-state index contributed by atoms with van der Waals surface area (Å²) < 4.78 is 0. The molecule has 27 heavy (non-hydrogen) atoms. The van der Waals surface area contributed by atoms with Gasteiger partial charge in [0.2, 0.25) is 0 Å². The Labute approximate surface area is 161 Å². The van der Waals surface area contributed by atoms with Crippen LogP contribution in [0.4, 0.5) is 0 Å². The number of nitrogens with one attached hydrogen (secondary N) is 1. The average molecular weight is 354 g/mol. The molecule has 1 aromatic heterocycles. The van der Waals surface area contributed by atoms with Crippen molar-refractivity contribution < 1.29 is 0 Å². The predicted molar refractivity (Wildman–Crippen MR) is 116 cm³/mol. The van der Waals surface area contributed by atoms with Gasteiger partial charge in [-0.3, -0.25) is 0 Å². The Morgan fingerprint density at radius 3 is 2.26 bits per heavy atom. The lowest BCUT2D eigenvalue weighted by atomic mass is 9.97. The molecule has 0 aliphatic carbocycles. The number of H-pyrrole nitrogens is 1. The fraction of sp³-hybridized carbons (Fsp3) is 0.200. The third-order valence-corrected chi connectivity index (χ3v) is 5.23. The number of aromatic amines is 1. The molecule has 0 atom stereocenters. The SMILES string of the molecule is Cc1ccc(-c2[nH]c3ccc(-c4ccccc4)cc3c2CCCCN)cc1. The molecule has 0 fully saturated rings. The van der Waals surface area contributed by atoms with Gasteiger partial charge in [-0.1, -0.05) is 66.2 Å². The minimum Gasteiger partial charge on any atom is -0.354 e. The first-order chi connectivity index (χ1) is 13.3. The summed E-state index contributed by atoms with van der Waals surface area (Å²) in [6, 6.07) is 26.1. The van der Waals surface area contributed by atoms with Gasteiger partial charge in [-0.2, -0.15) is 0 Å². The van der Waals surface area contributed by atoms with Gasteiger partial charge in [-0.25, -0.2) is 0 Å². The Bertz CT molecular complexity index is 1030. The number of aryl methyl sites for hydroxylation is 2. The van der Waals surface area contributed by atoms with Crippen LogP contribution in [0.2, 0.25) is 0 Å². The van der Waals surface area contributed by atoms with Crippen molar-refractivity contribution in [1.82, 2.24) is 4.98 Å². The van der Waals surface area contributed by atoms with Crippen molar-refractivity contribution in [3.8, 4) is 22.4 Å². The summed E-state index contributed by atoms with van der Waals surface area (Å²) in [6.45, 7) is 2.88. The van der Waals surface area contributed by atoms with Crippen molar-refractivity contribution in [2.24, 2.45) is 5.73 Å². The third-order valence-electron chi connectivity index (χ3n) is 5.23. The van der Waals surface area contributed by atoms with Gasteiger partial charge < -0.3 is 10.7 Å². The molecule has 0 bridgehead atoms. The normalized spacial score (nSPS) is 11.2. The first kappa shape index (κ1) is 17.6. The molecule has 0 aliphatic heterocycles. The number of nitrogens with two attached hydrogens (primary N) is 1. The minimum atomic E-state index is 0.748. The zero-order chi connectivity index (χ0) is 18.6. The second-order valence-corrected chi connectivity index (χ2v) is 7.22. The summed E-state index contributed by atoms with van der Waals surface area (Å²) in [4.78, 5) is 3.67. The fourth-order valence-electron chi connectivity index (χ4n) is 3.73. The van der Waals surface area contributed by atoms with Gasteiger partial charge in [0.25, 0.3) is 0 Å². The van der Waals surface area contributed by atoms with Gasteiger partial charge >= 0.3 is 0 Å². The van der Waals surface area contributed by atoms with Crippen LogP contribution < -0.4 is 5.73 Å². The maximum absolute atomic E-state index is 5.74. The molecule has 0 saturated heterocycles. The number of aromatic nitrogens is 1. The molecule has 0 saturated carbocycles. The van der Waals surface area contributed by atoms with Crippen LogP contribution in [0.5, 0.6) is 0 Å². The van der Waals surface area contributed by atoms with E-state index < -0.39 is 0 Å². The van der Waals surface area contributed by atoms with Gasteiger partial charge in [-0.15, -0.1) is 0 Å². The lowest BCUT2D eigenvalue weighted by Crippen LogP contribution is -1.99. The Balaban J connectivity index is 1.84. The van der Waals surface area contributed by atoms with Gasteiger partial charge in [0, 0.05) is 16.6 Å². The largest absolute Gasteiger partial charge is 0.354 e. The molecule has 4 aromatic rings. The van der Waals surface area contributed by atoms with Crippen LogP contribution in [0.3, 0.4) is 0 Å². The van der Waals surface area contributed by atoms with E-state index in [0.717, 1.165) is 25.8 Å². The van der Waals surface area contributed by atoms with E-state index in [2.05, 4.69) is 84.7 Å². The topological polar surface area (TPSA) is 41.8 Å². The molecule has 2 nitrogen and oxygen atoms in total. The Morgan fingerprint density at radius 2 is 1.52 bits per heavy atom. The van der Waals surface area contributed by atoms with Gasteiger partial charge in [0.15, 0.2) is 0 Å². The lowest BCUT2D eigenvalue weighted by molar-refractivity contribution is 0.748. The van der Waals surface area contributed by atoms with E-state index in [1.54, 1.807) is 0 Å². The molecule has 1 heterocycles. The number of hydrogen-bond acceptors (Lipinski definition) is 1. The summed E-state index contributed by atoms with van der Waals surface area (Å²) in [7, 11) is 0. The molecule has 0 amide bonds. The zero-order valence-electron chi connectivity index (χ0n) is 15.8. The first-order valence-corrected chi connectivity index (χ1v) is 9.73. The van der Waals surface area contributed by atoms with E-state index in [1.807, 2.05) is 0 Å². The Hall–Kier alpha value is -2.84. The van der Waals surface area contributed by atoms with Crippen LogP contribution in [-0.2, 0) is 6.42 Å². The van der Waals surface area contributed by atoms with Crippen molar-refractivity contribution in [1.29, 1.82) is 0 Å². The first-order valence-electron chi connectivity index (χ1n) is 9.73. The van der Waals surface area contributed by atoms with Gasteiger partial charge in [0.05, 0.1) is 0 Å². The molecular formula is C25H26N2. The monoisotopic (exact) mass is 354 g/mol. The van der Waals surface area contributed by atoms with E-state index in [4.69, 9.17) is 5.73 Å². The molecule has 4 rings (SSSR count). The Kier molecular flexibility index (Phi) is 5.08. The van der Waals surface area contributed by atoms with Gasteiger partial charge in [0.1, 0.15) is 0 Å². The van der Waals surface area contributed by atoms with Crippen molar-refractivity contribution in [2.75, 3.05) is 6.54 Å². The number of rotatable bonds is 6. The molecule has 0 aliphatic rings. The van der Waals surface area contributed by atoms with Crippen LogP contribution in [-0.4, -0.2) is 11.5 Å². The maximum atomic E-state index is 5.74. The number of unbranched alkanes of at least 4 members (excludes halogenated alkanes) is 1. The molecule has 0 unspecified atom stereocenters. The smallest absolute Gasteiger partial charge is 0.0497 e. The molecule has 3 N–H and O–H groups in total. The summed E-state index contributed by atoms with van der Waals surface area (Å²) in [5.41, 5.74) is 14.6. The van der Waals surface area contributed by atoms with Crippen LogP contribution in [0.15, 0.2) is 72.8 Å². The van der Waals surface area contributed by atoms with Crippen LogP contribution >= 0.6 is 0 Å². The van der Waals surface area contributed by atoms with E-state index in [-0.39, 0.29) is 0 Å². The summed E-state index contributed by atoms with van der Waals surface area (Å²) in [5, 5.41) is 1.32. The quantitative estimate of drug-likeness (QED) is 0.404. The highest BCUT2D eigenvalue weighted by atomic mass is 14.7. The van der Waals surface area contributed by atoms with Crippen LogP contribution in [0.1, 0.15) is 24.0 Å². The van der Waals surface area contributed by atoms with E-state index in [9.17, 15) is 0 Å². The highest BCUT2D eigenvalue weighted by Gasteiger charge is 2.14. The van der Waals surface area contributed by atoms with Crippen LogP contribution in [0.25, 0.3) is 33.3 Å². The second-order valence-electron chi connectivity index (χ2n) is 7.22. The molecule has 136 valence electrons. The summed E-state index contributed by atoms with van der Waals surface area (Å²) >= 11 is 0. The zero-order valence-corrected chi connectivity index (χ0v) is 15.8. The molecule has 3 aromatic carbocycles. The summed E-state index contributed by atoms with van der Waals surface area (Å²) in [6.07, 6.45) is 3.20. The molecule has 2 heteroatoms. The van der Waals surface area contributed by atoms with Crippen molar-refractivity contribution in [2.45, 2.75) is 26.2 Å². The average Bonchev–Trinajstić information content (AvgIpc) is 3.07. The molecule has 0 spiro atoms. The summed E-state index contributed by atoms with van der Waals surface area (Å²) in [5.74, 6) is 0. The molecule has 0 radical (unpaired) electrons. The fourth-order valence-corrected chi connectivity index (χ4v) is 3.73. The number of benzene rings is 3. The van der Waals surface area contributed by atoms with Crippen LogP contribution in [0, 0.1) is 6.92 Å². The minimum absolute atomic E-state index is 0.748. The Morgan fingerprint density at radius 1 is 0.778 bits per heavy atom. The van der Waals surface area contributed by atoms with Crippen molar-refractivity contribution in [3.05, 3.63) is 83.9 Å². The second kappa shape index (κ2) is 7.81. The lowest BCUT2D eigenvalue weighted by Gasteiger charge is -2.07.